The lowest BCUT2D eigenvalue weighted by atomic mass is 9.87. The van der Waals surface area contributed by atoms with Crippen molar-refractivity contribution >= 4 is 23.2 Å². The number of aryl methyl sites for hydroxylation is 1. The number of rotatable bonds is 6. The Kier molecular flexibility index (Phi) is 6.91. The van der Waals surface area contributed by atoms with Gasteiger partial charge >= 0.3 is 0 Å². The highest BCUT2D eigenvalue weighted by molar-refractivity contribution is 7.14. The number of carbonyl (C=O) groups is 2. The second-order valence-corrected chi connectivity index (χ2v) is 10.3. The van der Waals surface area contributed by atoms with Crippen molar-refractivity contribution in [3.63, 3.8) is 0 Å². The van der Waals surface area contributed by atoms with Crippen LogP contribution in [-0.2, 0) is 17.6 Å². The number of hydrogen-bond acceptors (Lipinski definition) is 4. The molecule has 1 N–H and O–H groups in total. The molecule has 0 radical (unpaired) electrons. The van der Waals surface area contributed by atoms with Gasteiger partial charge in [0.15, 0.2) is 0 Å². The third-order valence-electron chi connectivity index (χ3n) is 6.88. The maximum atomic E-state index is 12.7. The Balaban J connectivity index is 1.22. The van der Waals surface area contributed by atoms with Gasteiger partial charge in [-0.2, -0.15) is 0 Å². The number of likely N-dealkylation sites (tertiary alicyclic amines) is 2. The van der Waals surface area contributed by atoms with Gasteiger partial charge in [-0.25, -0.2) is 0 Å². The molecule has 1 aromatic heterocycles. The highest BCUT2D eigenvalue weighted by atomic mass is 32.1. The van der Waals surface area contributed by atoms with Crippen LogP contribution in [0.4, 0.5) is 0 Å². The average Bonchev–Trinajstić information content (AvgIpc) is 3.41. The summed E-state index contributed by atoms with van der Waals surface area (Å²) in [6.45, 7) is 8.40. The minimum atomic E-state index is 0.0580. The Bertz CT molecular complexity index is 718. The van der Waals surface area contributed by atoms with Crippen molar-refractivity contribution in [2.45, 2.75) is 58.3 Å². The van der Waals surface area contributed by atoms with Crippen LogP contribution in [0.2, 0.25) is 0 Å². The van der Waals surface area contributed by atoms with E-state index in [-0.39, 0.29) is 17.7 Å². The molecule has 0 spiro atoms. The van der Waals surface area contributed by atoms with Crippen LogP contribution in [0, 0.1) is 11.8 Å². The van der Waals surface area contributed by atoms with Crippen LogP contribution in [0.1, 0.15) is 65.6 Å². The first-order valence-corrected chi connectivity index (χ1v) is 12.3. The van der Waals surface area contributed by atoms with Crippen LogP contribution in [0.25, 0.3) is 0 Å². The molecule has 2 fully saturated rings. The topological polar surface area (TPSA) is 52.7 Å². The Hall–Kier alpha value is -1.40. The summed E-state index contributed by atoms with van der Waals surface area (Å²) in [5, 5.41) is 3.17. The molecule has 3 heterocycles. The highest BCUT2D eigenvalue weighted by Crippen LogP contribution is 2.33. The Labute approximate surface area is 178 Å². The van der Waals surface area contributed by atoms with E-state index >= 15 is 0 Å². The number of nitrogens with zero attached hydrogens (tertiary/aromatic N) is 2. The number of thiophene rings is 1. The van der Waals surface area contributed by atoms with Crippen molar-refractivity contribution in [3.05, 3.63) is 21.4 Å². The van der Waals surface area contributed by atoms with Crippen LogP contribution in [-0.4, -0.2) is 60.9 Å². The van der Waals surface area contributed by atoms with Crippen LogP contribution >= 0.6 is 11.3 Å². The molecule has 6 heteroatoms. The van der Waals surface area contributed by atoms with Gasteiger partial charge in [0.25, 0.3) is 5.91 Å². The summed E-state index contributed by atoms with van der Waals surface area (Å²) >= 11 is 1.65. The van der Waals surface area contributed by atoms with E-state index < -0.39 is 0 Å². The molecule has 29 heavy (non-hydrogen) atoms. The highest BCUT2D eigenvalue weighted by Gasteiger charge is 2.29. The quantitative estimate of drug-likeness (QED) is 0.723. The smallest absolute Gasteiger partial charge is 0.263 e. The maximum Gasteiger partial charge on any atom is 0.263 e. The standard InChI is InChI=1S/C23H35N3O2S/c1-17-7-13-25(14-8-17)10-4-9-24-22(27)18-5-6-20-19(15-18)16-21(29-20)23(28)26-11-2-3-12-26/h16-18H,2-15H2,1H3,(H,24,27)/t18-/m1/s1. The minimum absolute atomic E-state index is 0.0580. The van der Waals surface area contributed by atoms with Crippen LogP contribution in [0.5, 0.6) is 0 Å². The predicted molar refractivity (Wildman–Crippen MR) is 117 cm³/mol. The normalized spacial score (nSPS) is 23.2. The van der Waals surface area contributed by atoms with E-state index in [2.05, 4.69) is 23.2 Å². The van der Waals surface area contributed by atoms with Crippen molar-refractivity contribution in [1.82, 2.24) is 15.1 Å². The summed E-state index contributed by atoms with van der Waals surface area (Å²) < 4.78 is 0. The number of hydrogen-bond donors (Lipinski definition) is 1. The Morgan fingerprint density at radius 2 is 1.90 bits per heavy atom. The molecule has 3 aliphatic rings. The second-order valence-electron chi connectivity index (χ2n) is 9.17. The van der Waals surface area contributed by atoms with Gasteiger partial charge in [0, 0.05) is 30.4 Å². The van der Waals surface area contributed by atoms with Crippen molar-refractivity contribution in [1.29, 1.82) is 0 Å². The fourth-order valence-corrected chi connectivity index (χ4v) is 6.05. The maximum absolute atomic E-state index is 12.7. The molecule has 2 amide bonds. The van der Waals surface area contributed by atoms with E-state index in [0.717, 1.165) is 75.5 Å². The van der Waals surface area contributed by atoms with Crippen molar-refractivity contribution in [2.24, 2.45) is 11.8 Å². The molecule has 0 unspecified atom stereocenters. The lowest BCUT2D eigenvalue weighted by Gasteiger charge is -2.30. The van der Waals surface area contributed by atoms with Gasteiger partial charge in [-0.05, 0) is 88.5 Å². The van der Waals surface area contributed by atoms with E-state index in [9.17, 15) is 9.59 Å². The average molecular weight is 418 g/mol. The van der Waals surface area contributed by atoms with Gasteiger partial charge in [-0.1, -0.05) is 6.92 Å². The lowest BCUT2D eigenvalue weighted by molar-refractivity contribution is -0.125. The van der Waals surface area contributed by atoms with Crippen molar-refractivity contribution < 1.29 is 9.59 Å². The summed E-state index contributed by atoms with van der Waals surface area (Å²) in [6, 6.07) is 2.07. The zero-order valence-corrected chi connectivity index (χ0v) is 18.6. The van der Waals surface area contributed by atoms with E-state index in [1.807, 2.05) is 4.90 Å². The van der Waals surface area contributed by atoms with E-state index in [0.29, 0.717) is 0 Å². The SMILES string of the molecule is CC1CCN(CCCNC(=O)[C@@H]2CCc3sc(C(=O)N4CCCC4)cc3C2)CC1. The zero-order chi connectivity index (χ0) is 20.2. The van der Waals surface area contributed by atoms with Crippen LogP contribution in [0.15, 0.2) is 6.07 Å². The first kappa shape index (κ1) is 20.9. The molecule has 0 bridgehead atoms. The molecule has 160 valence electrons. The molecule has 5 nitrogen and oxygen atoms in total. The summed E-state index contributed by atoms with van der Waals surface area (Å²) in [4.78, 5) is 32.0. The summed E-state index contributed by atoms with van der Waals surface area (Å²) in [7, 11) is 0. The fraction of sp³-hybridized carbons (Fsp3) is 0.739. The second kappa shape index (κ2) is 9.61. The largest absolute Gasteiger partial charge is 0.356 e. The number of amides is 2. The molecule has 0 saturated carbocycles. The van der Waals surface area contributed by atoms with E-state index in [4.69, 9.17) is 0 Å². The Morgan fingerprint density at radius 3 is 2.66 bits per heavy atom. The number of fused-ring (bicyclic) bond motifs is 1. The number of piperidine rings is 1. The van der Waals surface area contributed by atoms with Gasteiger partial charge in [0.2, 0.25) is 5.91 Å². The monoisotopic (exact) mass is 417 g/mol. The zero-order valence-electron chi connectivity index (χ0n) is 17.8. The van der Waals surface area contributed by atoms with E-state index in [1.165, 1.54) is 36.4 Å². The molecule has 2 aliphatic heterocycles. The summed E-state index contributed by atoms with van der Waals surface area (Å²) in [5.74, 6) is 1.31. The molecule has 1 atom stereocenters. The molecule has 1 aliphatic carbocycles. The van der Waals surface area contributed by atoms with Crippen molar-refractivity contribution in [2.75, 3.05) is 39.3 Å². The first-order chi connectivity index (χ1) is 14.1. The van der Waals surface area contributed by atoms with Gasteiger partial charge < -0.3 is 15.1 Å². The molecular weight excluding hydrogens is 382 g/mol. The minimum Gasteiger partial charge on any atom is -0.356 e. The molecule has 4 rings (SSSR count). The molecule has 2 saturated heterocycles. The third-order valence-corrected chi connectivity index (χ3v) is 8.11. The molecule has 0 aromatic carbocycles. The van der Waals surface area contributed by atoms with Gasteiger partial charge in [0.05, 0.1) is 4.88 Å². The van der Waals surface area contributed by atoms with Gasteiger partial charge in [-0.3, -0.25) is 9.59 Å². The molecule has 1 aromatic rings. The van der Waals surface area contributed by atoms with Crippen LogP contribution in [0.3, 0.4) is 0 Å². The molecular formula is C23H35N3O2S. The van der Waals surface area contributed by atoms with E-state index in [1.54, 1.807) is 11.3 Å². The van der Waals surface area contributed by atoms with Gasteiger partial charge in [-0.15, -0.1) is 11.3 Å². The summed E-state index contributed by atoms with van der Waals surface area (Å²) in [6.07, 6.45) is 8.50. The number of nitrogens with one attached hydrogen (secondary N) is 1. The number of carbonyl (C=O) groups excluding carboxylic acids is 2. The first-order valence-electron chi connectivity index (χ1n) is 11.5. The fourth-order valence-electron chi connectivity index (χ4n) is 4.87. The van der Waals surface area contributed by atoms with Crippen LogP contribution < -0.4 is 5.32 Å². The Morgan fingerprint density at radius 1 is 1.14 bits per heavy atom. The summed E-state index contributed by atoms with van der Waals surface area (Å²) in [5.41, 5.74) is 1.23. The third kappa shape index (κ3) is 5.21. The van der Waals surface area contributed by atoms with Crippen molar-refractivity contribution in [3.8, 4) is 0 Å². The van der Waals surface area contributed by atoms with Gasteiger partial charge in [0.1, 0.15) is 0 Å². The predicted octanol–water partition coefficient (Wildman–Crippen LogP) is 3.33. The lowest BCUT2D eigenvalue weighted by Crippen LogP contribution is -2.37.